The van der Waals surface area contributed by atoms with Crippen LogP contribution in [0.3, 0.4) is 0 Å². The second-order valence-electron chi connectivity index (χ2n) is 3.52. The molecule has 0 amide bonds. The molecule has 0 saturated carbocycles. The molecule has 1 aromatic carbocycles. The number of nitrogens with two attached hydrogens (primary N) is 1. The zero-order valence-corrected chi connectivity index (χ0v) is 11.6. The lowest BCUT2D eigenvalue weighted by molar-refractivity contribution is 0.0476. The third-order valence-electron chi connectivity index (χ3n) is 2.21. The van der Waals surface area contributed by atoms with Crippen molar-refractivity contribution in [1.82, 2.24) is 0 Å². The summed E-state index contributed by atoms with van der Waals surface area (Å²) in [6, 6.07) is 7.57. The van der Waals surface area contributed by atoms with E-state index in [2.05, 4.69) is 15.9 Å². The highest BCUT2D eigenvalue weighted by molar-refractivity contribution is 9.11. The molecule has 2 rings (SSSR count). The second kappa shape index (κ2) is 5.49. The minimum atomic E-state index is -0.622. The summed E-state index contributed by atoms with van der Waals surface area (Å²) in [6.07, 6.45) is 0. The van der Waals surface area contributed by atoms with Gasteiger partial charge in [-0.1, -0.05) is 0 Å². The highest BCUT2D eigenvalue weighted by atomic mass is 79.9. The molecule has 0 aliphatic carbocycles. The van der Waals surface area contributed by atoms with Crippen molar-refractivity contribution in [3.8, 4) is 0 Å². The Balaban J connectivity index is 2.01. The Labute approximate surface area is 116 Å². The first-order valence-electron chi connectivity index (χ1n) is 5.02. The minimum Gasteiger partial charge on any atom is -0.456 e. The summed E-state index contributed by atoms with van der Waals surface area (Å²) in [5.41, 5.74) is 5.48. The zero-order chi connectivity index (χ0) is 13.1. The van der Waals surface area contributed by atoms with E-state index in [0.717, 1.165) is 14.7 Å². The van der Waals surface area contributed by atoms with Crippen LogP contribution in [0, 0.1) is 5.82 Å². The average molecular weight is 330 g/mol. The van der Waals surface area contributed by atoms with E-state index >= 15 is 0 Å². The molecule has 0 aliphatic rings. The molecule has 2 aromatic rings. The van der Waals surface area contributed by atoms with E-state index in [4.69, 9.17) is 10.5 Å². The minimum absolute atomic E-state index is 0.00809. The number of rotatable bonds is 3. The van der Waals surface area contributed by atoms with Gasteiger partial charge in [0.25, 0.3) is 0 Å². The Morgan fingerprint density at radius 2 is 2.17 bits per heavy atom. The summed E-state index contributed by atoms with van der Waals surface area (Å²) in [5.74, 6) is -1.19. The van der Waals surface area contributed by atoms with Crippen molar-refractivity contribution in [2.45, 2.75) is 6.61 Å². The number of nitrogen functional groups attached to an aromatic ring is 1. The number of hydrogen-bond donors (Lipinski definition) is 1. The Bertz CT molecular complexity index is 585. The number of carbonyl (C=O) groups excluding carboxylic acids is 1. The Morgan fingerprint density at radius 1 is 1.39 bits per heavy atom. The van der Waals surface area contributed by atoms with E-state index in [-0.39, 0.29) is 17.9 Å². The van der Waals surface area contributed by atoms with Gasteiger partial charge in [-0.25, -0.2) is 9.18 Å². The molecule has 2 N–H and O–H groups in total. The number of anilines is 1. The first-order valence-corrected chi connectivity index (χ1v) is 6.63. The van der Waals surface area contributed by atoms with Gasteiger partial charge in [-0.05, 0) is 46.3 Å². The van der Waals surface area contributed by atoms with Gasteiger partial charge in [0.1, 0.15) is 12.4 Å². The third-order valence-corrected chi connectivity index (χ3v) is 3.81. The predicted octanol–water partition coefficient (Wildman–Crippen LogP) is 3.59. The van der Waals surface area contributed by atoms with Crippen LogP contribution in [0.25, 0.3) is 0 Å². The van der Waals surface area contributed by atoms with Gasteiger partial charge >= 0.3 is 5.97 Å². The molecule has 0 bridgehead atoms. The second-order valence-corrected chi connectivity index (χ2v) is 6.07. The van der Waals surface area contributed by atoms with Crippen molar-refractivity contribution < 1.29 is 13.9 Å². The maximum absolute atomic E-state index is 13.2. The van der Waals surface area contributed by atoms with Gasteiger partial charge < -0.3 is 10.5 Å². The molecule has 0 atom stereocenters. The highest BCUT2D eigenvalue weighted by Crippen LogP contribution is 2.23. The Kier molecular flexibility index (Phi) is 3.98. The normalized spacial score (nSPS) is 10.3. The van der Waals surface area contributed by atoms with Gasteiger partial charge in [0, 0.05) is 4.88 Å². The van der Waals surface area contributed by atoms with Crippen molar-refractivity contribution in [3.63, 3.8) is 0 Å². The number of hydrogen-bond acceptors (Lipinski definition) is 4. The largest absolute Gasteiger partial charge is 0.456 e. The van der Waals surface area contributed by atoms with Crippen LogP contribution in [0.1, 0.15) is 15.2 Å². The topological polar surface area (TPSA) is 52.3 Å². The summed E-state index contributed by atoms with van der Waals surface area (Å²) >= 11 is 4.79. The van der Waals surface area contributed by atoms with Crippen LogP contribution in [-0.4, -0.2) is 5.97 Å². The Morgan fingerprint density at radius 3 is 2.78 bits per heavy atom. The predicted molar refractivity (Wildman–Crippen MR) is 72.0 cm³/mol. The van der Waals surface area contributed by atoms with Gasteiger partial charge in [-0.2, -0.15) is 0 Å². The van der Waals surface area contributed by atoms with E-state index in [1.807, 2.05) is 12.1 Å². The first kappa shape index (κ1) is 13.0. The molecule has 94 valence electrons. The molecule has 1 aromatic heterocycles. The fourth-order valence-electron chi connectivity index (χ4n) is 1.30. The molecule has 0 aliphatic heterocycles. The fourth-order valence-corrected chi connectivity index (χ4v) is 2.70. The van der Waals surface area contributed by atoms with E-state index in [1.165, 1.54) is 23.5 Å². The maximum Gasteiger partial charge on any atom is 0.338 e. The van der Waals surface area contributed by atoms with Crippen LogP contribution < -0.4 is 5.73 Å². The van der Waals surface area contributed by atoms with Crippen LogP contribution in [0.5, 0.6) is 0 Å². The molecule has 1 heterocycles. The summed E-state index contributed by atoms with van der Waals surface area (Å²) < 4.78 is 19.2. The Hall–Kier alpha value is -1.40. The van der Waals surface area contributed by atoms with Crippen molar-refractivity contribution in [1.29, 1.82) is 0 Å². The third kappa shape index (κ3) is 3.08. The monoisotopic (exact) mass is 329 g/mol. The lowest BCUT2D eigenvalue weighted by Gasteiger charge is -2.04. The quantitative estimate of drug-likeness (QED) is 0.691. The zero-order valence-electron chi connectivity index (χ0n) is 9.15. The average Bonchev–Trinajstić information content (AvgIpc) is 2.75. The van der Waals surface area contributed by atoms with Gasteiger partial charge in [0.15, 0.2) is 0 Å². The summed E-state index contributed by atoms with van der Waals surface area (Å²) in [7, 11) is 0. The van der Waals surface area contributed by atoms with Gasteiger partial charge in [0.2, 0.25) is 0 Å². The van der Waals surface area contributed by atoms with Crippen LogP contribution >= 0.6 is 27.3 Å². The van der Waals surface area contributed by atoms with Gasteiger partial charge in [-0.15, -0.1) is 11.3 Å². The van der Waals surface area contributed by atoms with Crippen molar-refractivity contribution in [3.05, 3.63) is 50.4 Å². The first-order chi connectivity index (χ1) is 8.56. The van der Waals surface area contributed by atoms with Crippen molar-refractivity contribution in [2.24, 2.45) is 0 Å². The van der Waals surface area contributed by atoms with E-state index in [1.54, 1.807) is 0 Å². The number of ether oxygens (including phenoxy) is 1. The van der Waals surface area contributed by atoms with Crippen LogP contribution in [0.2, 0.25) is 0 Å². The van der Waals surface area contributed by atoms with E-state index in [9.17, 15) is 9.18 Å². The molecule has 0 fully saturated rings. The number of benzene rings is 1. The molecule has 18 heavy (non-hydrogen) atoms. The number of thiophene rings is 1. The SMILES string of the molecule is Nc1ccc(C(=O)OCc2ccc(Br)s2)cc1F. The highest BCUT2D eigenvalue weighted by Gasteiger charge is 2.10. The fraction of sp³-hybridized carbons (Fsp3) is 0.0833. The summed E-state index contributed by atoms with van der Waals surface area (Å²) in [6.45, 7) is 0.168. The molecule has 0 saturated heterocycles. The molecule has 0 unspecified atom stereocenters. The molecule has 0 radical (unpaired) electrons. The van der Waals surface area contributed by atoms with E-state index in [0.29, 0.717) is 0 Å². The summed E-state index contributed by atoms with van der Waals surface area (Å²) in [4.78, 5) is 12.6. The lowest BCUT2D eigenvalue weighted by Crippen LogP contribution is -2.05. The van der Waals surface area contributed by atoms with Gasteiger partial charge in [-0.3, -0.25) is 0 Å². The molecular weight excluding hydrogens is 321 g/mol. The molecular formula is C12H9BrFNO2S. The van der Waals surface area contributed by atoms with Crippen LogP contribution in [-0.2, 0) is 11.3 Å². The van der Waals surface area contributed by atoms with Crippen LogP contribution in [0.15, 0.2) is 34.1 Å². The standard InChI is InChI=1S/C12H9BrFNO2S/c13-11-4-2-8(18-11)6-17-12(16)7-1-3-10(15)9(14)5-7/h1-5H,6,15H2. The number of esters is 1. The maximum atomic E-state index is 13.2. The van der Waals surface area contributed by atoms with Crippen molar-refractivity contribution in [2.75, 3.05) is 5.73 Å². The molecule has 6 heteroatoms. The van der Waals surface area contributed by atoms with E-state index < -0.39 is 11.8 Å². The van der Waals surface area contributed by atoms with Crippen molar-refractivity contribution >= 4 is 38.9 Å². The molecule has 3 nitrogen and oxygen atoms in total. The number of halogens is 2. The number of carbonyl (C=O) groups is 1. The molecule has 0 spiro atoms. The van der Waals surface area contributed by atoms with Gasteiger partial charge in [0.05, 0.1) is 15.0 Å². The lowest BCUT2D eigenvalue weighted by atomic mass is 10.2. The smallest absolute Gasteiger partial charge is 0.338 e. The summed E-state index contributed by atoms with van der Waals surface area (Å²) in [5, 5.41) is 0. The van der Waals surface area contributed by atoms with Crippen LogP contribution in [0.4, 0.5) is 10.1 Å².